The van der Waals surface area contributed by atoms with Crippen LogP contribution in [-0.4, -0.2) is 77.1 Å². The first-order valence-corrected chi connectivity index (χ1v) is 17.1. The van der Waals surface area contributed by atoms with Gasteiger partial charge >= 0.3 is 12.2 Å². The van der Waals surface area contributed by atoms with Crippen LogP contribution < -0.4 is 5.32 Å². The van der Waals surface area contributed by atoms with Crippen LogP contribution in [-0.2, 0) is 23.1 Å². The van der Waals surface area contributed by atoms with Crippen molar-refractivity contribution in [3.8, 4) is 0 Å². The Kier molecular flexibility index (Phi) is 11.3. The summed E-state index contributed by atoms with van der Waals surface area (Å²) in [5.74, 6) is 0.126. The molecule has 2 unspecified atom stereocenters. The first-order valence-electron chi connectivity index (χ1n) is 17.1. The van der Waals surface area contributed by atoms with Crippen molar-refractivity contribution in [2.24, 2.45) is 11.8 Å². The summed E-state index contributed by atoms with van der Waals surface area (Å²) in [6.45, 7) is 5.99. The predicted molar refractivity (Wildman–Crippen MR) is 172 cm³/mol. The van der Waals surface area contributed by atoms with E-state index in [0.29, 0.717) is 31.7 Å². The molecule has 2 N–H and O–H groups in total. The van der Waals surface area contributed by atoms with E-state index >= 15 is 0 Å². The molecule has 46 heavy (non-hydrogen) atoms. The topological polar surface area (TPSA) is 76.1 Å². The molecule has 252 valence electrons. The Balaban J connectivity index is 1.20. The maximum atomic E-state index is 13.4. The fraction of sp³-hybridized carbons (Fsp3) is 0.611. The minimum atomic E-state index is -4.39. The number of nitrogens with one attached hydrogen (secondary N) is 1. The van der Waals surface area contributed by atoms with E-state index in [-0.39, 0.29) is 36.4 Å². The van der Waals surface area contributed by atoms with E-state index in [1.165, 1.54) is 12.1 Å². The molecule has 2 aromatic carbocycles. The number of rotatable bonds is 11. The summed E-state index contributed by atoms with van der Waals surface area (Å²) in [7, 11) is 0. The van der Waals surface area contributed by atoms with Crippen molar-refractivity contribution in [1.82, 2.24) is 20.0 Å². The van der Waals surface area contributed by atoms with Crippen LogP contribution in [0.4, 0.5) is 18.0 Å². The Morgan fingerprint density at radius 2 is 1.65 bits per heavy atom. The van der Waals surface area contributed by atoms with Crippen LogP contribution in [0.15, 0.2) is 54.6 Å². The maximum absolute atomic E-state index is 13.4. The summed E-state index contributed by atoms with van der Waals surface area (Å²) in [6.07, 6.45) is 4.18. The van der Waals surface area contributed by atoms with Crippen molar-refractivity contribution < 1.29 is 27.9 Å². The van der Waals surface area contributed by atoms with E-state index < -0.39 is 17.3 Å². The molecule has 3 amide bonds. The number of aliphatic hydroxyl groups is 1. The molecule has 0 radical (unpaired) electrons. The van der Waals surface area contributed by atoms with Gasteiger partial charge in [0.15, 0.2) is 0 Å². The molecule has 1 aliphatic carbocycles. The molecule has 0 spiro atoms. The maximum Gasteiger partial charge on any atom is 0.416 e. The van der Waals surface area contributed by atoms with Crippen LogP contribution in [0, 0.1) is 11.8 Å². The van der Waals surface area contributed by atoms with Gasteiger partial charge in [0.2, 0.25) is 5.91 Å². The summed E-state index contributed by atoms with van der Waals surface area (Å²) in [5.41, 5.74) is -0.351. The van der Waals surface area contributed by atoms with Crippen LogP contribution in [0.5, 0.6) is 0 Å². The predicted octanol–water partition coefficient (Wildman–Crippen LogP) is 6.41. The number of likely N-dealkylation sites (tertiary alicyclic amines) is 2. The molecule has 0 aromatic heterocycles. The van der Waals surface area contributed by atoms with Gasteiger partial charge in [0.1, 0.15) is 5.60 Å². The summed E-state index contributed by atoms with van der Waals surface area (Å²) in [6, 6.07) is 14.5. The van der Waals surface area contributed by atoms with Crippen molar-refractivity contribution in [2.75, 3.05) is 39.3 Å². The first kappa shape index (κ1) is 34.2. The van der Waals surface area contributed by atoms with Crippen molar-refractivity contribution in [3.63, 3.8) is 0 Å². The molecular formula is C36H49F3N4O3. The second-order valence-electron chi connectivity index (χ2n) is 13.5. The Hall–Kier alpha value is -3.11. The highest BCUT2D eigenvalue weighted by Gasteiger charge is 2.49. The number of carbonyl (C=O) groups is 2. The molecule has 2 heterocycles. The smallest absolute Gasteiger partial charge is 0.383 e. The van der Waals surface area contributed by atoms with Gasteiger partial charge in [-0.3, -0.25) is 4.79 Å². The number of carbonyl (C=O) groups excluding carboxylic acids is 2. The van der Waals surface area contributed by atoms with Crippen LogP contribution in [0.1, 0.15) is 81.4 Å². The van der Waals surface area contributed by atoms with Gasteiger partial charge in [-0.05, 0) is 55.4 Å². The van der Waals surface area contributed by atoms with Crippen LogP contribution in [0.3, 0.4) is 0 Å². The monoisotopic (exact) mass is 642 g/mol. The lowest BCUT2D eigenvalue weighted by Gasteiger charge is -2.40. The van der Waals surface area contributed by atoms with Gasteiger partial charge in [-0.25, -0.2) is 4.79 Å². The van der Waals surface area contributed by atoms with Gasteiger partial charge in [-0.2, -0.15) is 13.2 Å². The number of benzene rings is 2. The Morgan fingerprint density at radius 3 is 2.28 bits per heavy atom. The van der Waals surface area contributed by atoms with Crippen LogP contribution in [0.2, 0.25) is 0 Å². The molecule has 2 saturated heterocycles. The number of hydrogen-bond donors (Lipinski definition) is 2. The summed E-state index contributed by atoms with van der Waals surface area (Å²) < 4.78 is 38.8. The quantitative estimate of drug-likeness (QED) is 0.278. The molecule has 5 rings (SSSR count). The average molecular weight is 643 g/mol. The Bertz CT molecular complexity index is 1280. The molecule has 2 aliphatic heterocycles. The van der Waals surface area contributed by atoms with Crippen LogP contribution >= 0.6 is 0 Å². The number of nitrogens with zero attached hydrogens (tertiary/aromatic N) is 3. The lowest BCUT2D eigenvalue weighted by Crippen LogP contribution is -2.52. The summed E-state index contributed by atoms with van der Waals surface area (Å²) in [4.78, 5) is 33.0. The third kappa shape index (κ3) is 8.23. The first-order chi connectivity index (χ1) is 22.1. The summed E-state index contributed by atoms with van der Waals surface area (Å²) >= 11 is 0. The SMILES string of the molecule is CCCCCN(C(=O)NCc1ccc(C(F)(F)F)cc1)C1CCN(CC2CN(C(=O)C3CCCC3)CC2(O)c2ccccc2)CC1. The second kappa shape index (κ2) is 15.2. The molecule has 7 nitrogen and oxygen atoms in total. The highest BCUT2D eigenvalue weighted by Crippen LogP contribution is 2.40. The normalized spacial score (nSPS) is 23.2. The molecule has 1 saturated carbocycles. The van der Waals surface area contributed by atoms with E-state index in [4.69, 9.17) is 0 Å². The zero-order valence-electron chi connectivity index (χ0n) is 27.0. The molecule has 2 aromatic rings. The van der Waals surface area contributed by atoms with Crippen LogP contribution in [0.25, 0.3) is 0 Å². The number of amides is 3. The van der Waals surface area contributed by atoms with E-state index in [1.54, 1.807) is 0 Å². The van der Waals surface area contributed by atoms with Gasteiger partial charge in [0.05, 0.1) is 12.1 Å². The third-order valence-electron chi connectivity index (χ3n) is 10.3. The minimum absolute atomic E-state index is 0.0535. The van der Waals surface area contributed by atoms with Crippen molar-refractivity contribution in [2.45, 2.75) is 89.1 Å². The standard InChI is InChI=1S/C36H49F3N4O3/c1-2-3-9-20-43(34(45)40-23-27-14-16-30(17-15-27)36(37,38)39)32-18-21-41(22-19-32)24-31-25-42(33(44)28-10-7-8-11-28)26-35(31,46)29-12-5-4-6-13-29/h4-6,12-17,28,31-32,46H,2-3,7-11,18-26H2,1H3,(H,40,45). The number of piperidine rings is 1. The highest BCUT2D eigenvalue weighted by atomic mass is 19.4. The zero-order chi connectivity index (χ0) is 32.7. The van der Waals surface area contributed by atoms with E-state index in [2.05, 4.69) is 17.1 Å². The largest absolute Gasteiger partial charge is 0.416 e. The van der Waals surface area contributed by atoms with Crippen molar-refractivity contribution >= 4 is 11.9 Å². The fourth-order valence-corrected chi connectivity index (χ4v) is 7.56. The van der Waals surface area contributed by atoms with E-state index in [9.17, 15) is 27.9 Å². The molecule has 3 aliphatic rings. The lowest BCUT2D eigenvalue weighted by atomic mass is 9.83. The molecule has 0 bridgehead atoms. The Morgan fingerprint density at radius 1 is 0.978 bits per heavy atom. The summed E-state index contributed by atoms with van der Waals surface area (Å²) in [5, 5.41) is 15.1. The van der Waals surface area contributed by atoms with Gasteiger partial charge < -0.3 is 25.1 Å². The molecule has 3 fully saturated rings. The average Bonchev–Trinajstić information content (AvgIpc) is 3.72. The number of urea groups is 1. The fourth-order valence-electron chi connectivity index (χ4n) is 7.56. The van der Waals surface area contributed by atoms with Gasteiger partial charge in [0, 0.05) is 57.1 Å². The van der Waals surface area contributed by atoms with Gasteiger partial charge in [0.25, 0.3) is 0 Å². The number of hydrogen-bond acceptors (Lipinski definition) is 4. The van der Waals surface area contributed by atoms with Gasteiger partial charge in [-0.15, -0.1) is 0 Å². The number of halogens is 3. The molecule has 10 heteroatoms. The third-order valence-corrected chi connectivity index (χ3v) is 10.3. The zero-order valence-corrected chi connectivity index (χ0v) is 27.0. The molecule has 2 atom stereocenters. The number of β-amino-alcohol motifs (C(OH)–C–C–N with tert-alkyl or cyclic N) is 1. The minimum Gasteiger partial charge on any atom is -0.383 e. The Labute approximate surface area is 271 Å². The highest BCUT2D eigenvalue weighted by molar-refractivity contribution is 5.79. The lowest BCUT2D eigenvalue weighted by molar-refractivity contribution is -0.137. The number of unbranched alkanes of at least 4 members (excludes halogenated alkanes) is 2. The van der Waals surface area contributed by atoms with E-state index in [0.717, 1.165) is 88.6 Å². The van der Waals surface area contributed by atoms with E-state index in [1.807, 2.05) is 40.1 Å². The molecular weight excluding hydrogens is 593 g/mol. The van der Waals surface area contributed by atoms with Crippen molar-refractivity contribution in [3.05, 3.63) is 71.3 Å². The second-order valence-corrected chi connectivity index (χ2v) is 13.5. The van der Waals surface area contributed by atoms with Crippen molar-refractivity contribution in [1.29, 1.82) is 0 Å². The van der Waals surface area contributed by atoms with Gasteiger partial charge in [-0.1, -0.05) is 75.1 Å². The number of alkyl halides is 3.